The molecule has 0 aliphatic carbocycles. The summed E-state index contributed by atoms with van der Waals surface area (Å²) < 4.78 is 27.1. The smallest absolute Gasteiger partial charge is 0.410 e. The molecule has 3 aliphatic rings. The van der Waals surface area contributed by atoms with Crippen LogP contribution in [0.2, 0.25) is 0 Å². The van der Waals surface area contributed by atoms with Crippen molar-refractivity contribution in [1.82, 2.24) is 9.62 Å². The van der Waals surface area contributed by atoms with Crippen LogP contribution in [-0.4, -0.2) is 57.7 Å². The van der Waals surface area contributed by atoms with Gasteiger partial charge in [0, 0.05) is 36.3 Å². The zero-order chi connectivity index (χ0) is 17.8. The first-order valence-electron chi connectivity index (χ1n) is 8.80. The fraction of sp³-hybridized carbons (Fsp3) is 0.941. The average Bonchev–Trinajstić information content (AvgIpc) is 2.76. The van der Waals surface area contributed by atoms with Crippen LogP contribution in [-0.2, 0) is 20.8 Å². The number of carbonyl (C=O) groups excluding carboxylic acids is 1. The third-order valence-electron chi connectivity index (χ3n) is 5.46. The molecule has 6 nitrogen and oxygen atoms in total. The lowest BCUT2D eigenvalue weighted by atomic mass is 9.72. The first-order valence-corrected chi connectivity index (χ1v) is 9.95. The minimum Gasteiger partial charge on any atom is -0.598 e. The van der Waals surface area contributed by atoms with Gasteiger partial charge in [0.05, 0.1) is 18.8 Å². The number of nitrogens with one attached hydrogen (secondary N) is 1. The molecule has 1 spiro atoms. The van der Waals surface area contributed by atoms with Crippen molar-refractivity contribution in [3.8, 4) is 0 Å². The predicted molar refractivity (Wildman–Crippen MR) is 93.0 cm³/mol. The first kappa shape index (κ1) is 18.3. The van der Waals surface area contributed by atoms with E-state index in [1.165, 1.54) is 0 Å². The molecule has 0 aromatic rings. The van der Waals surface area contributed by atoms with Crippen molar-refractivity contribution in [1.29, 1.82) is 0 Å². The second-order valence-corrected chi connectivity index (χ2v) is 10.9. The van der Waals surface area contributed by atoms with Crippen molar-refractivity contribution >= 4 is 17.5 Å². The van der Waals surface area contributed by atoms with Crippen molar-refractivity contribution in [2.75, 3.05) is 19.7 Å². The maximum Gasteiger partial charge on any atom is 0.410 e. The van der Waals surface area contributed by atoms with E-state index in [1.807, 2.05) is 34.6 Å². The van der Waals surface area contributed by atoms with Crippen LogP contribution in [0.5, 0.6) is 0 Å². The van der Waals surface area contributed by atoms with Crippen molar-refractivity contribution in [2.45, 2.75) is 76.4 Å². The molecule has 1 amide bonds. The van der Waals surface area contributed by atoms with Gasteiger partial charge >= 0.3 is 6.09 Å². The molecule has 3 atom stereocenters. The summed E-state index contributed by atoms with van der Waals surface area (Å²) in [6.07, 6.45) is 2.41. The molecule has 3 aliphatic heterocycles. The lowest BCUT2D eigenvalue weighted by Crippen LogP contribution is -2.62. The third-order valence-corrected chi connectivity index (χ3v) is 7.09. The van der Waals surface area contributed by atoms with Gasteiger partial charge in [-0.1, -0.05) is 0 Å². The Labute approximate surface area is 147 Å². The Balaban J connectivity index is 1.63. The van der Waals surface area contributed by atoms with E-state index in [2.05, 4.69) is 4.72 Å². The second kappa shape index (κ2) is 6.04. The van der Waals surface area contributed by atoms with Crippen molar-refractivity contribution in [2.24, 2.45) is 5.41 Å². The minimum absolute atomic E-state index is 0.0185. The minimum atomic E-state index is -1.06. The molecule has 138 valence electrons. The van der Waals surface area contributed by atoms with E-state index in [0.717, 1.165) is 19.3 Å². The van der Waals surface area contributed by atoms with Crippen molar-refractivity contribution < 1.29 is 18.8 Å². The number of fused-ring (bicyclic) bond motifs is 2. The highest BCUT2D eigenvalue weighted by atomic mass is 32.2. The molecule has 3 fully saturated rings. The number of likely N-dealkylation sites (tertiary alicyclic amines) is 1. The van der Waals surface area contributed by atoms with Crippen molar-refractivity contribution in [3.63, 3.8) is 0 Å². The van der Waals surface area contributed by atoms with Gasteiger partial charge in [-0.15, -0.1) is 4.72 Å². The summed E-state index contributed by atoms with van der Waals surface area (Å²) in [6.45, 7) is 11.7. The average molecular weight is 359 g/mol. The highest BCUT2D eigenvalue weighted by Gasteiger charge is 2.58. The molecule has 0 radical (unpaired) electrons. The van der Waals surface area contributed by atoms with E-state index in [4.69, 9.17) is 9.47 Å². The van der Waals surface area contributed by atoms with E-state index in [1.54, 1.807) is 4.90 Å². The van der Waals surface area contributed by atoms with E-state index < -0.39 is 17.0 Å². The molecule has 7 heteroatoms. The van der Waals surface area contributed by atoms with Crippen LogP contribution in [0, 0.1) is 5.41 Å². The van der Waals surface area contributed by atoms with Gasteiger partial charge in [-0.2, -0.15) is 0 Å². The summed E-state index contributed by atoms with van der Waals surface area (Å²) >= 11 is -1.06. The molecule has 0 saturated carbocycles. The monoisotopic (exact) mass is 358 g/mol. The standard InChI is InChI=1S/C17H30N2O4S/c1-15(2,3)23-14(20)19-8-6-17(7-9-19)11-22-12-10-16(4,5)24(21)18-13(12)17/h12-13,18H,6-11H2,1-5H3/t12-,13+,24+/m0/s1. The highest BCUT2D eigenvalue weighted by Crippen LogP contribution is 2.47. The van der Waals surface area contributed by atoms with Gasteiger partial charge in [0.2, 0.25) is 0 Å². The number of carbonyl (C=O) groups is 1. The summed E-state index contributed by atoms with van der Waals surface area (Å²) in [5.74, 6) is 0. The Morgan fingerprint density at radius 3 is 2.54 bits per heavy atom. The van der Waals surface area contributed by atoms with Crippen LogP contribution in [0.25, 0.3) is 0 Å². The van der Waals surface area contributed by atoms with Crippen LogP contribution in [0.3, 0.4) is 0 Å². The Morgan fingerprint density at radius 2 is 1.96 bits per heavy atom. The fourth-order valence-electron chi connectivity index (χ4n) is 3.98. The van der Waals surface area contributed by atoms with Crippen LogP contribution in [0.4, 0.5) is 4.79 Å². The zero-order valence-electron chi connectivity index (χ0n) is 15.4. The Hall–Kier alpha value is -0.500. The molecular formula is C17H30N2O4S. The molecule has 3 heterocycles. The van der Waals surface area contributed by atoms with Gasteiger partial charge in [0.25, 0.3) is 0 Å². The third kappa shape index (κ3) is 3.41. The summed E-state index contributed by atoms with van der Waals surface area (Å²) in [4.78, 5) is 14.0. The highest BCUT2D eigenvalue weighted by molar-refractivity contribution is 7.90. The number of nitrogens with zero attached hydrogens (tertiary/aromatic N) is 1. The largest absolute Gasteiger partial charge is 0.598 e. The molecular weight excluding hydrogens is 328 g/mol. The second-order valence-electron chi connectivity index (χ2n) is 9.01. The van der Waals surface area contributed by atoms with Gasteiger partial charge in [-0.3, -0.25) is 0 Å². The van der Waals surface area contributed by atoms with Crippen LogP contribution in [0.1, 0.15) is 53.9 Å². The maximum absolute atomic E-state index is 12.5. The van der Waals surface area contributed by atoms with Crippen LogP contribution < -0.4 is 4.72 Å². The zero-order valence-corrected chi connectivity index (χ0v) is 16.2. The Bertz CT molecular complexity index is 497. The van der Waals surface area contributed by atoms with Crippen molar-refractivity contribution in [3.05, 3.63) is 0 Å². The van der Waals surface area contributed by atoms with Gasteiger partial charge in [0.1, 0.15) is 10.3 Å². The van der Waals surface area contributed by atoms with Crippen LogP contribution in [0.15, 0.2) is 0 Å². The number of rotatable bonds is 0. The summed E-state index contributed by atoms with van der Waals surface area (Å²) in [7, 11) is 0. The van der Waals surface area contributed by atoms with E-state index in [0.29, 0.717) is 19.7 Å². The summed E-state index contributed by atoms with van der Waals surface area (Å²) in [5, 5.41) is 0. The Morgan fingerprint density at radius 1 is 1.33 bits per heavy atom. The van der Waals surface area contributed by atoms with Gasteiger partial charge in [0.15, 0.2) is 0 Å². The fourth-order valence-corrected chi connectivity index (χ4v) is 5.25. The van der Waals surface area contributed by atoms with Gasteiger partial charge in [-0.25, -0.2) is 4.79 Å². The van der Waals surface area contributed by atoms with E-state index in [-0.39, 0.29) is 28.4 Å². The van der Waals surface area contributed by atoms with E-state index >= 15 is 0 Å². The Kier molecular flexibility index (Phi) is 4.60. The molecule has 1 N–H and O–H groups in total. The summed E-state index contributed by atoms with van der Waals surface area (Å²) in [6, 6.07) is 0.118. The molecule has 0 aromatic carbocycles. The molecule has 24 heavy (non-hydrogen) atoms. The molecule has 0 bridgehead atoms. The lowest BCUT2D eigenvalue weighted by molar-refractivity contribution is 0.00646. The lowest BCUT2D eigenvalue weighted by Gasteiger charge is -2.46. The molecule has 0 unspecified atom stereocenters. The number of ether oxygens (including phenoxy) is 2. The topological polar surface area (TPSA) is 73.9 Å². The van der Waals surface area contributed by atoms with E-state index in [9.17, 15) is 9.35 Å². The molecule has 3 saturated heterocycles. The quantitative estimate of drug-likeness (QED) is 0.672. The van der Waals surface area contributed by atoms with Crippen LogP contribution >= 0.6 is 0 Å². The SMILES string of the molecule is CC(C)(C)OC(=O)N1CCC2(CC1)CO[C@H]1CC(C)(C)[S@@+]([O-])N[C@H]12. The summed E-state index contributed by atoms with van der Waals surface area (Å²) in [5.41, 5.74) is -0.490. The normalized spacial score (nSPS) is 34.9. The maximum atomic E-state index is 12.5. The molecule has 3 rings (SSSR count). The molecule has 0 aromatic heterocycles. The predicted octanol–water partition coefficient (Wildman–Crippen LogP) is 2.21. The van der Waals surface area contributed by atoms with Gasteiger partial charge in [-0.05, 0) is 47.5 Å². The number of hydrogen-bond donors (Lipinski definition) is 1. The first-order chi connectivity index (χ1) is 11.0. The van der Waals surface area contributed by atoms with Gasteiger partial charge < -0.3 is 18.9 Å². The number of amides is 1. The number of piperidine rings is 1. The number of hydrogen-bond acceptors (Lipinski definition) is 5.